The van der Waals surface area contributed by atoms with Gasteiger partial charge >= 0.3 is 0 Å². The van der Waals surface area contributed by atoms with Gasteiger partial charge in [-0.3, -0.25) is 9.59 Å². The number of amides is 2. The van der Waals surface area contributed by atoms with Crippen LogP contribution in [0.4, 0.5) is 5.69 Å². The molecule has 2 heterocycles. The smallest absolute Gasteiger partial charge is 0.257 e. The molecule has 4 rings (SSSR count). The number of fused-ring (bicyclic) bond motifs is 1. The first-order valence-electron chi connectivity index (χ1n) is 10.8. The van der Waals surface area contributed by atoms with E-state index in [1.165, 1.54) is 0 Å². The van der Waals surface area contributed by atoms with E-state index >= 15 is 0 Å². The van der Waals surface area contributed by atoms with Gasteiger partial charge in [0.15, 0.2) is 0 Å². The fraction of sp³-hybridized carbons (Fsp3) is 0.417. The second-order valence-corrected chi connectivity index (χ2v) is 7.97. The van der Waals surface area contributed by atoms with Crippen molar-refractivity contribution in [3.8, 4) is 11.5 Å². The van der Waals surface area contributed by atoms with Gasteiger partial charge in [0.05, 0.1) is 25.3 Å². The summed E-state index contributed by atoms with van der Waals surface area (Å²) in [6.45, 7) is 3.60. The number of nitrogens with two attached hydrogens (primary N) is 1. The zero-order chi connectivity index (χ0) is 22.0. The zero-order valence-electron chi connectivity index (χ0n) is 18.5. The molecule has 1 atom stereocenters. The maximum Gasteiger partial charge on any atom is 0.257 e. The second kappa shape index (κ2) is 10.2. The van der Waals surface area contributed by atoms with Gasteiger partial charge in [0.2, 0.25) is 5.91 Å². The van der Waals surface area contributed by atoms with Crippen LogP contribution < -0.4 is 20.1 Å². The van der Waals surface area contributed by atoms with Gasteiger partial charge in [-0.05, 0) is 49.9 Å². The molecule has 2 aromatic rings. The van der Waals surface area contributed by atoms with E-state index in [0.29, 0.717) is 56.0 Å². The lowest BCUT2D eigenvalue weighted by Gasteiger charge is -2.42. The van der Waals surface area contributed by atoms with Crippen molar-refractivity contribution in [1.82, 2.24) is 4.90 Å². The lowest BCUT2D eigenvalue weighted by atomic mass is 9.93. The van der Waals surface area contributed by atoms with E-state index in [2.05, 4.69) is 0 Å². The number of nitrogens with zero attached hydrogens (tertiary/aromatic N) is 2. The summed E-state index contributed by atoms with van der Waals surface area (Å²) in [7, 11) is 1.55. The maximum absolute atomic E-state index is 13.2. The van der Waals surface area contributed by atoms with E-state index in [4.69, 9.17) is 15.2 Å². The van der Waals surface area contributed by atoms with Crippen molar-refractivity contribution in [3.05, 3.63) is 53.6 Å². The first-order chi connectivity index (χ1) is 15.0. The highest BCUT2D eigenvalue weighted by atomic mass is 35.5. The molecule has 1 fully saturated rings. The Labute approximate surface area is 194 Å². The number of hydrogen-bond acceptors (Lipinski definition) is 5. The zero-order valence-corrected chi connectivity index (χ0v) is 19.3. The summed E-state index contributed by atoms with van der Waals surface area (Å²) >= 11 is 0. The molecule has 2 aromatic carbocycles. The molecule has 7 nitrogen and oxygen atoms in total. The lowest BCUT2D eigenvalue weighted by Crippen LogP contribution is -2.56. The number of benzene rings is 2. The number of para-hydroxylation sites is 1. The number of halogens is 1. The molecule has 172 valence electrons. The van der Waals surface area contributed by atoms with Crippen molar-refractivity contribution >= 4 is 29.9 Å². The predicted molar refractivity (Wildman–Crippen MR) is 126 cm³/mol. The van der Waals surface area contributed by atoms with E-state index in [0.717, 1.165) is 11.3 Å². The van der Waals surface area contributed by atoms with Crippen LogP contribution in [0.1, 0.15) is 35.7 Å². The normalized spacial score (nSPS) is 18.6. The van der Waals surface area contributed by atoms with Gasteiger partial charge in [-0.15, -0.1) is 12.4 Å². The van der Waals surface area contributed by atoms with Crippen LogP contribution in [0.5, 0.6) is 11.5 Å². The fourth-order valence-corrected chi connectivity index (χ4v) is 4.52. The molecular weight excluding hydrogens is 430 g/mol. The van der Waals surface area contributed by atoms with Crippen molar-refractivity contribution in [2.45, 2.75) is 38.3 Å². The Hall–Kier alpha value is -2.77. The number of piperidine rings is 1. The van der Waals surface area contributed by atoms with Crippen molar-refractivity contribution in [3.63, 3.8) is 0 Å². The molecule has 2 aliphatic rings. The molecule has 32 heavy (non-hydrogen) atoms. The van der Waals surface area contributed by atoms with Gasteiger partial charge in [-0.1, -0.05) is 18.2 Å². The molecule has 2 N–H and O–H groups in total. The van der Waals surface area contributed by atoms with Crippen molar-refractivity contribution in [2.75, 3.05) is 31.7 Å². The maximum atomic E-state index is 13.2. The van der Waals surface area contributed by atoms with Crippen LogP contribution in [0.3, 0.4) is 0 Å². The van der Waals surface area contributed by atoms with Crippen LogP contribution in [0, 0.1) is 0 Å². The average molecular weight is 460 g/mol. The minimum atomic E-state index is -0.511. The van der Waals surface area contributed by atoms with Crippen LogP contribution in [0.2, 0.25) is 0 Å². The number of rotatable bonds is 5. The van der Waals surface area contributed by atoms with Crippen molar-refractivity contribution < 1.29 is 19.1 Å². The summed E-state index contributed by atoms with van der Waals surface area (Å²) in [6.07, 6.45) is 1.98. The van der Waals surface area contributed by atoms with Gasteiger partial charge in [0.25, 0.3) is 5.91 Å². The summed E-state index contributed by atoms with van der Waals surface area (Å²) in [4.78, 5) is 29.7. The molecule has 0 radical (unpaired) electrons. The molecule has 0 spiro atoms. The Morgan fingerprint density at radius 2 is 1.88 bits per heavy atom. The van der Waals surface area contributed by atoms with E-state index in [9.17, 15) is 9.59 Å². The third kappa shape index (κ3) is 4.54. The molecule has 0 bridgehead atoms. The fourth-order valence-electron chi connectivity index (χ4n) is 4.52. The first kappa shape index (κ1) is 23.9. The second-order valence-electron chi connectivity index (χ2n) is 7.97. The highest BCUT2D eigenvalue weighted by molar-refractivity contribution is 6.01. The van der Waals surface area contributed by atoms with Gasteiger partial charge in [0, 0.05) is 30.9 Å². The molecule has 8 heteroatoms. The van der Waals surface area contributed by atoms with E-state index < -0.39 is 6.04 Å². The van der Waals surface area contributed by atoms with Crippen LogP contribution >= 0.6 is 12.4 Å². The molecular formula is C24H30ClN3O4. The van der Waals surface area contributed by atoms with E-state index in [-0.39, 0.29) is 30.3 Å². The summed E-state index contributed by atoms with van der Waals surface area (Å²) in [5.74, 6) is 1.08. The third-order valence-electron chi connectivity index (χ3n) is 6.08. The van der Waals surface area contributed by atoms with Crippen LogP contribution in [-0.4, -0.2) is 55.6 Å². The summed E-state index contributed by atoms with van der Waals surface area (Å²) in [5, 5.41) is 0. The summed E-state index contributed by atoms with van der Waals surface area (Å²) in [6, 6.07) is 12.8. The lowest BCUT2D eigenvalue weighted by molar-refractivity contribution is -0.120. The molecule has 2 amide bonds. The SMILES string of the molecule is CCOc1ccc(C(=O)N2CCC(N3C(=O)C(N)Cc4ccccc43)CC2)c(OC)c1.Cl. The molecule has 1 unspecified atom stereocenters. The number of methoxy groups -OCH3 is 1. The highest BCUT2D eigenvalue weighted by Crippen LogP contribution is 2.33. The number of hydrogen-bond donors (Lipinski definition) is 1. The summed E-state index contributed by atoms with van der Waals surface area (Å²) < 4.78 is 10.9. The third-order valence-corrected chi connectivity index (χ3v) is 6.08. The van der Waals surface area contributed by atoms with E-state index in [1.54, 1.807) is 25.3 Å². The molecule has 0 aromatic heterocycles. The van der Waals surface area contributed by atoms with Gasteiger partial charge in [-0.25, -0.2) is 0 Å². The van der Waals surface area contributed by atoms with Crippen LogP contribution in [0.25, 0.3) is 0 Å². The molecule has 1 saturated heterocycles. The number of anilines is 1. The average Bonchev–Trinajstić information content (AvgIpc) is 2.80. The Morgan fingerprint density at radius 3 is 2.56 bits per heavy atom. The Bertz CT molecular complexity index is 975. The molecule has 0 aliphatic carbocycles. The molecule has 0 saturated carbocycles. The monoisotopic (exact) mass is 459 g/mol. The van der Waals surface area contributed by atoms with E-state index in [1.807, 2.05) is 41.0 Å². The number of likely N-dealkylation sites (tertiary alicyclic amines) is 1. The van der Waals surface area contributed by atoms with Gasteiger partial charge in [-0.2, -0.15) is 0 Å². The Morgan fingerprint density at radius 1 is 1.16 bits per heavy atom. The standard InChI is InChI=1S/C24H29N3O4.ClH/c1-3-31-18-8-9-19(22(15-18)30-2)23(28)26-12-10-17(11-13-26)27-21-7-5-4-6-16(21)14-20(25)24(27)29;/h4-9,15,17,20H,3,10-14,25H2,1-2H3;1H. The minimum absolute atomic E-state index is 0. The van der Waals surface area contributed by atoms with Crippen molar-refractivity contribution in [2.24, 2.45) is 5.73 Å². The van der Waals surface area contributed by atoms with Gasteiger partial charge < -0.3 is 25.0 Å². The molecule has 2 aliphatic heterocycles. The topological polar surface area (TPSA) is 85.1 Å². The summed E-state index contributed by atoms with van der Waals surface area (Å²) in [5.41, 5.74) is 8.70. The quantitative estimate of drug-likeness (QED) is 0.742. The van der Waals surface area contributed by atoms with Crippen LogP contribution in [0.15, 0.2) is 42.5 Å². The number of carbonyl (C=O) groups is 2. The van der Waals surface area contributed by atoms with Crippen LogP contribution in [-0.2, 0) is 11.2 Å². The number of ether oxygens (including phenoxy) is 2. The van der Waals surface area contributed by atoms with Gasteiger partial charge in [0.1, 0.15) is 11.5 Å². The Balaban J connectivity index is 0.00000289. The first-order valence-corrected chi connectivity index (χ1v) is 10.8. The minimum Gasteiger partial charge on any atom is -0.496 e. The highest BCUT2D eigenvalue weighted by Gasteiger charge is 2.37. The van der Waals surface area contributed by atoms with Crippen molar-refractivity contribution in [1.29, 1.82) is 0 Å². The largest absolute Gasteiger partial charge is 0.496 e. The number of carbonyl (C=O) groups excluding carboxylic acids is 2. The predicted octanol–water partition coefficient (Wildman–Crippen LogP) is 3.04. The Kier molecular flexibility index (Phi) is 7.64.